The third kappa shape index (κ3) is 6.54. The molecule has 0 spiro atoms. The highest BCUT2D eigenvalue weighted by molar-refractivity contribution is 7.99. The highest BCUT2D eigenvalue weighted by Crippen LogP contribution is 2.21. The number of carbonyl (C=O) groups is 2. The minimum Gasteiger partial charge on any atom is -0.338 e. The van der Waals surface area contributed by atoms with Gasteiger partial charge in [0.2, 0.25) is 5.91 Å². The fraction of sp³-hybridized carbons (Fsp3) is 0.333. The minimum absolute atomic E-state index is 0.0822. The molecule has 0 unspecified atom stereocenters. The van der Waals surface area contributed by atoms with E-state index in [0.29, 0.717) is 11.7 Å². The summed E-state index contributed by atoms with van der Waals surface area (Å²) in [4.78, 5) is 32.2. The summed E-state index contributed by atoms with van der Waals surface area (Å²) in [6, 6.07) is 11.2. The molecular formula is C18H22N4O2S. The van der Waals surface area contributed by atoms with E-state index < -0.39 is 6.03 Å². The van der Waals surface area contributed by atoms with Crippen LogP contribution < -0.4 is 10.6 Å². The number of carbonyl (C=O) groups excluding carboxylic acids is 2. The standard InChI is InChI=1S/C18H22N4O2S/c1-3-4-10-19-17(24)22-16(23)12-25-18-20-13(2)11-15(21-18)14-8-6-5-7-9-14/h5-9,11H,3-4,10,12H2,1-2H3,(H2,19,22,23,24). The lowest BCUT2D eigenvalue weighted by molar-refractivity contribution is -0.117. The van der Waals surface area contributed by atoms with Gasteiger partial charge in [0.25, 0.3) is 0 Å². The summed E-state index contributed by atoms with van der Waals surface area (Å²) in [5.41, 5.74) is 2.64. The molecule has 25 heavy (non-hydrogen) atoms. The molecule has 6 nitrogen and oxygen atoms in total. The van der Waals surface area contributed by atoms with Gasteiger partial charge in [-0.15, -0.1) is 0 Å². The molecule has 2 aromatic rings. The normalized spacial score (nSPS) is 10.3. The van der Waals surface area contributed by atoms with Crippen LogP contribution in [-0.2, 0) is 4.79 Å². The second-order valence-corrected chi connectivity index (χ2v) is 6.43. The highest BCUT2D eigenvalue weighted by Gasteiger charge is 2.10. The Kier molecular flexibility index (Phi) is 7.40. The number of rotatable bonds is 7. The third-order valence-electron chi connectivity index (χ3n) is 3.30. The van der Waals surface area contributed by atoms with Crippen LogP contribution in [0.3, 0.4) is 0 Å². The van der Waals surface area contributed by atoms with Crippen LogP contribution in [0.4, 0.5) is 4.79 Å². The maximum absolute atomic E-state index is 11.9. The molecule has 7 heteroatoms. The molecule has 1 aromatic carbocycles. The number of urea groups is 1. The zero-order valence-corrected chi connectivity index (χ0v) is 15.2. The van der Waals surface area contributed by atoms with Gasteiger partial charge in [-0.05, 0) is 19.4 Å². The predicted molar refractivity (Wildman–Crippen MR) is 99.4 cm³/mol. The Bertz CT molecular complexity index is 722. The van der Waals surface area contributed by atoms with Crippen molar-refractivity contribution < 1.29 is 9.59 Å². The van der Waals surface area contributed by atoms with Gasteiger partial charge in [0.15, 0.2) is 5.16 Å². The van der Waals surface area contributed by atoms with Gasteiger partial charge < -0.3 is 5.32 Å². The van der Waals surface area contributed by atoms with Gasteiger partial charge >= 0.3 is 6.03 Å². The number of amides is 3. The Balaban J connectivity index is 1.91. The predicted octanol–water partition coefficient (Wildman–Crippen LogP) is 3.17. The van der Waals surface area contributed by atoms with Crippen LogP contribution in [0, 0.1) is 6.92 Å². The number of imide groups is 1. The molecule has 0 bridgehead atoms. The van der Waals surface area contributed by atoms with Crippen molar-refractivity contribution in [2.45, 2.75) is 31.8 Å². The van der Waals surface area contributed by atoms with Gasteiger partial charge in [-0.3, -0.25) is 10.1 Å². The maximum Gasteiger partial charge on any atom is 0.321 e. The van der Waals surface area contributed by atoms with E-state index in [4.69, 9.17) is 0 Å². The van der Waals surface area contributed by atoms with Crippen LogP contribution in [0.5, 0.6) is 0 Å². The van der Waals surface area contributed by atoms with E-state index >= 15 is 0 Å². The zero-order chi connectivity index (χ0) is 18.1. The summed E-state index contributed by atoms with van der Waals surface area (Å²) < 4.78 is 0. The van der Waals surface area contributed by atoms with Gasteiger partial charge in [-0.2, -0.15) is 0 Å². The molecule has 0 atom stereocenters. The lowest BCUT2D eigenvalue weighted by Crippen LogP contribution is -2.40. The summed E-state index contributed by atoms with van der Waals surface area (Å²) in [7, 11) is 0. The first-order chi connectivity index (χ1) is 12.1. The SMILES string of the molecule is CCCCNC(=O)NC(=O)CSc1nc(C)cc(-c2ccccc2)n1. The Morgan fingerprint density at radius 1 is 1.16 bits per heavy atom. The summed E-state index contributed by atoms with van der Waals surface area (Å²) in [6.07, 6.45) is 1.87. The van der Waals surface area contributed by atoms with Gasteiger partial charge in [0.1, 0.15) is 0 Å². The van der Waals surface area contributed by atoms with Crippen molar-refractivity contribution in [1.82, 2.24) is 20.6 Å². The van der Waals surface area contributed by atoms with Gasteiger partial charge in [0.05, 0.1) is 11.4 Å². The average molecular weight is 358 g/mol. The first-order valence-corrected chi connectivity index (χ1v) is 9.18. The number of thioether (sulfide) groups is 1. The van der Waals surface area contributed by atoms with E-state index in [-0.39, 0.29) is 11.7 Å². The molecule has 0 aliphatic rings. The van der Waals surface area contributed by atoms with Gasteiger partial charge in [-0.1, -0.05) is 55.4 Å². The Morgan fingerprint density at radius 3 is 2.64 bits per heavy atom. The molecule has 0 radical (unpaired) electrons. The van der Waals surface area contributed by atoms with Crippen molar-refractivity contribution >= 4 is 23.7 Å². The van der Waals surface area contributed by atoms with Crippen LogP contribution in [0.15, 0.2) is 41.6 Å². The fourth-order valence-corrected chi connectivity index (χ4v) is 2.78. The molecule has 0 saturated carbocycles. The molecule has 132 valence electrons. The van der Waals surface area contributed by atoms with E-state index in [1.807, 2.05) is 50.2 Å². The zero-order valence-electron chi connectivity index (χ0n) is 14.4. The molecule has 3 amide bonds. The van der Waals surface area contributed by atoms with E-state index in [1.54, 1.807) is 0 Å². The summed E-state index contributed by atoms with van der Waals surface area (Å²) in [5.74, 6) is -0.288. The number of nitrogens with zero attached hydrogens (tertiary/aromatic N) is 2. The Morgan fingerprint density at radius 2 is 1.92 bits per heavy atom. The summed E-state index contributed by atoms with van der Waals surface area (Å²) in [6.45, 7) is 4.48. The second-order valence-electron chi connectivity index (χ2n) is 5.49. The van der Waals surface area contributed by atoms with Gasteiger partial charge in [-0.25, -0.2) is 14.8 Å². The largest absolute Gasteiger partial charge is 0.338 e. The number of benzene rings is 1. The minimum atomic E-state index is -0.464. The van der Waals surface area contributed by atoms with Crippen molar-refractivity contribution in [2.24, 2.45) is 0 Å². The molecule has 0 fully saturated rings. The number of aryl methyl sites for hydroxylation is 1. The molecule has 2 rings (SSSR count). The molecule has 0 aliphatic heterocycles. The quantitative estimate of drug-likeness (QED) is 0.451. The topological polar surface area (TPSA) is 84.0 Å². The van der Waals surface area contributed by atoms with E-state index in [9.17, 15) is 9.59 Å². The van der Waals surface area contributed by atoms with Crippen LogP contribution in [-0.4, -0.2) is 34.2 Å². The molecular weight excluding hydrogens is 336 g/mol. The number of nitrogens with one attached hydrogen (secondary N) is 2. The van der Waals surface area contributed by atoms with Crippen molar-refractivity contribution in [3.05, 3.63) is 42.1 Å². The van der Waals surface area contributed by atoms with Crippen molar-refractivity contribution in [3.8, 4) is 11.3 Å². The maximum atomic E-state index is 11.9. The second kappa shape index (κ2) is 9.78. The van der Waals surface area contributed by atoms with Crippen molar-refractivity contribution in [2.75, 3.05) is 12.3 Å². The number of hydrogen-bond donors (Lipinski definition) is 2. The first-order valence-electron chi connectivity index (χ1n) is 8.20. The van der Waals surface area contributed by atoms with Crippen LogP contribution in [0.2, 0.25) is 0 Å². The molecule has 2 N–H and O–H groups in total. The van der Waals surface area contributed by atoms with Gasteiger partial charge in [0, 0.05) is 17.8 Å². The van der Waals surface area contributed by atoms with E-state index in [2.05, 4.69) is 20.6 Å². The third-order valence-corrected chi connectivity index (χ3v) is 4.15. The lowest BCUT2D eigenvalue weighted by atomic mass is 10.1. The number of aromatic nitrogens is 2. The molecule has 1 aromatic heterocycles. The van der Waals surface area contributed by atoms with E-state index in [0.717, 1.165) is 29.8 Å². The Hall–Kier alpha value is -2.41. The van der Waals surface area contributed by atoms with Crippen molar-refractivity contribution in [1.29, 1.82) is 0 Å². The average Bonchev–Trinajstić information content (AvgIpc) is 2.60. The number of hydrogen-bond acceptors (Lipinski definition) is 5. The van der Waals surface area contributed by atoms with Crippen molar-refractivity contribution in [3.63, 3.8) is 0 Å². The first kappa shape index (κ1) is 18.9. The smallest absolute Gasteiger partial charge is 0.321 e. The number of unbranched alkanes of at least 4 members (excludes halogenated alkanes) is 1. The summed E-state index contributed by atoms with van der Waals surface area (Å²) >= 11 is 1.21. The van der Waals surface area contributed by atoms with Crippen LogP contribution >= 0.6 is 11.8 Å². The van der Waals surface area contributed by atoms with Crippen LogP contribution in [0.1, 0.15) is 25.5 Å². The monoisotopic (exact) mass is 358 g/mol. The van der Waals surface area contributed by atoms with Crippen LogP contribution in [0.25, 0.3) is 11.3 Å². The molecule has 0 saturated heterocycles. The molecule has 1 heterocycles. The lowest BCUT2D eigenvalue weighted by Gasteiger charge is -2.07. The fourth-order valence-electron chi connectivity index (χ4n) is 2.08. The Labute approximate surface area is 151 Å². The highest BCUT2D eigenvalue weighted by atomic mass is 32.2. The summed E-state index contributed by atoms with van der Waals surface area (Å²) in [5, 5.41) is 5.46. The molecule has 0 aliphatic carbocycles. The van der Waals surface area contributed by atoms with E-state index in [1.165, 1.54) is 11.8 Å².